The Bertz CT molecular complexity index is 572. The quantitative estimate of drug-likeness (QED) is 0.818. The van der Waals surface area contributed by atoms with Gasteiger partial charge in [-0.25, -0.2) is 9.67 Å². The number of nitrogens with zero attached hydrogens (tertiary/aromatic N) is 4. The third-order valence-corrected chi connectivity index (χ3v) is 3.76. The van der Waals surface area contributed by atoms with Gasteiger partial charge in [-0.1, -0.05) is 5.21 Å². The van der Waals surface area contributed by atoms with E-state index in [0.29, 0.717) is 18.2 Å². The van der Waals surface area contributed by atoms with E-state index in [2.05, 4.69) is 20.6 Å². The molecule has 1 aliphatic heterocycles. The molecule has 0 bridgehead atoms. The number of hydrogen-bond acceptors (Lipinski definition) is 6. The molecule has 3 heterocycles. The number of hydrogen-bond donors (Lipinski definition) is 1. The van der Waals surface area contributed by atoms with Gasteiger partial charge in [-0.15, -0.1) is 16.4 Å². The van der Waals surface area contributed by atoms with E-state index in [1.807, 2.05) is 12.3 Å². The van der Waals surface area contributed by atoms with Gasteiger partial charge in [0.2, 0.25) is 0 Å². The number of rotatable bonds is 4. The van der Waals surface area contributed by atoms with Crippen LogP contribution in [-0.2, 0) is 6.42 Å². The zero-order valence-corrected chi connectivity index (χ0v) is 10.8. The summed E-state index contributed by atoms with van der Waals surface area (Å²) in [5.74, 6) is -0.0289. The number of Topliss-reactive ketones (excluding diaryl/α,β-unsaturated/α-hetero) is 1. The Morgan fingerprint density at radius 3 is 3.06 bits per heavy atom. The second kappa shape index (κ2) is 4.58. The molecule has 2 aromatic heterocycles. The molecular weight excluding hydrogens is 250 g/mol. The van der Waals surface area contributed by atoms with Gasteiger partial charge in [0.25, 0.3) is 0 Å². The van der Waals surface area contributed by atoms with E-state index in [1.54, 1.807) is 22.2 Å². The molecule has 18 heavy (non-hydrogen) atoms. The maximum absolute atomic E-state index is 12.0. The van der Waals surface area contributed by atoms with E-state index in [0.717, 1.165) is 23.8 Å². The van der Waals surface area contributed by atoms with E-state index >= 15 is 0 Å². The first-order chi connectivity index (χ1) is 8.72. The maximum Gasteiger partial charge on any atom is 0.190 e. The van der Waals surface area contributed by atoms with E-state index in [9.17, 15) is 4.79 Å². The molecule has 1 aliphatic rings. The SMILES string of the molecule is Cc1nc(CC(=O)c2cn(C3CNC3)nn2)cs1. The minimum absolute atomic E-state index is 0.0289. The van der Waals surface area contributed by atoms with E-state index in [1.165, 1.54) is 0 Å². The van der Waals surface area contributed by atoms with Crippen molar-refractivity contribution in [2.24, 2.45) is 0 Å². The van der Waals surface area contributed by atoms with Crippen molar-refractivity contribution in [3.05, 3.63) is 28.0 Å². The van der Waals surface area contributed by atoms with Crippen LogP contribution in [-0.4, -0.2) is 38.9 Å². The Hall–Kier alpha value is -1.60. The average Bonchev–Trinajstić information content (AvgIpc) is 2.86. The molecule has 0 amide bonds. The Morgan fingerprint density at radius 2 is 2.44 bits per heavy atom. The molecule has 2 aromatic rings. The van der Waals surface area contributed by atoms with E-state index in [4.69, 9.17) is 0 Å². The summed E-state index contributed by atoms with van der Waals surface area (Å²) in [6.45, 7) is 3.71. The molecule has 0 spiro atoms. The topological polar surface area (TPSA) is 72.7 Å². The van der Waals surface area contributed by atoms with Gasteiger partial charge in [-0.05, 0) is 6.92 Å². The third kappa shape index (κ3) is 2.19. The third-order valence-electron chi connectivity index (χ3n) is 2.94. The molecule has 0 radical (unpaired) electrons. The van der Waals surface area contributed by atoms with Gasteiger partial charge < -0.3 is 5.32 Å². The Kier molecular flexibility index (Phi) is 2.92. The van der Waals surface area contributed by atoms with Crippen molar-refractivity contribution in [1.29, 1.82) is 0 Å². The Morgan fingerprint density at radius 1 is 1.61 bits per heavy atom. The Labute approximate surface area is 108 Å². The predicted octanol–water partition coefficient (Wildman–Crippen LogP) is 0.613. The summed E-state index contributed by atoms with van der Waals surface area (Å²) in [5.41, 5.74) is 1.23. The first-order valence-corrected chi connectivity index (χ1v) is 6.67. The molecule has 0 saturated carbocycles. The lowest BCUT2D eigenvalue weighted by Crippen LogP contribution is -2.43. The second-order valence-electron chi connectivity index (χ2n) is 4.35. The van der Waals surface area contributed by atoms with Gasteiger partial charge in [-0.3, -0.25) is 4.79 Å². The molecule has 1 saturated heterocycles. The fraction of sp³-hybridized carbons (Fsp3) is 0.455. The number of aryl methyl sites for hydroxylation is 1. The van der Waals surface area contributed by atoms with Crippen LogP contribution >= 0.6 is 11.3 Å². The van der Waals surface area contributed by atoms with Crippen molar-refractivity contribution in [3.63, 3.8) is 0 Å². The van der Waals surface area contributed by atoms with Gasteiger partial charge >= 0.3 is 0 Å². The zero-order valence-electron chi connectivity index (χ0n) is 9.96. The predicted molar refractivity (Wildman–Crippen MR) is 66.8 cm³/mol. The lowest BCUT2D eigenvalue weighted by atomic mass is 10.2. The molecule has 3 rings (SSSR count). The minimum Gasteiger partial charge on any atom is -0.312 e. The zero-order chi connectivity index (χ0) is 12.5. The number of nitrogens with one attached hydrogen (secondary N) is 1. The van der Waals surface area contributed by atoms with Crippen molar-refractivity contribution < 1.29 is 4.79 Å². The largest absolute Gasteiger partial charge is 0.312 e. The van der Waals surface area contributed by atoms with Crippen molar-refractivity contribution in [2.75, 3.05) is 13.1 Å². The Balaban J connectivity index is 1.70. The van der Waals surface area contributed by atoms with Crippen LogP contribution in [0.25, 0.3) is 0 Å². The van der Waals surface area contributed by atoms with Crippen LogP contribution in [0.2, 0.25) is 0 Å². The van der Waals surface area contributed by atoms with Crippen molar-refractivity contribution in [2.45, 2.75) is 19.4 Å². The van der Waals surface area contributed by atoms with Gasteiger partial charge in [0.1, 0.15) is 5.69 Å². The van der Waals surface area contributed by atoms with Crippen LogP contribution in [0.1, 0.15) is 27.2 Å². The van der Waals surface area contributed by atoms with Crippen molar-refractivity contribution in [1.82, 2.24) is 25.3 Å². The maximum atomic E-state index is 12.0. The van der Waals surface area contributed by atoms with Crippen LogP contribution in [0.15, 0.2) is 11.6 Å². The number of ketones is 1. The molecule has 0 aliphatic carbocycles. The summed E-state index contributed by atoms with van der Waals surface area (Å²) in [6, 6.07) is 0.334. The minimum atomic E-state index is -0.0289. The summed E-state index contributed by atoms with van der Waals surface area (Å²) in [5, 5.41) is 14.0. The van der Waals surface area contributed by atoms with E-state index < -0.39 is 0 Å². The fourth-order valence-corrected chi connectivity index (χ4v) is 2.40. The van der Waals surface area contributed by atoms with Gasteiger partial charge in [-0.2, -0.15) is 0 Å². The van der Waals surface area contributed by atoms with Crippen molar-refractivity contribution >= 4 is 17.1 Å². The summed E-state index contributed by atoms with van der Waals surface area (Å²) in [7, 11) is 0. The van der Waals surface area contributed by atoms with E-state index in [-0.39, 0.29) is 5.78 Å². The standard InChI is InChI=1S/C11H13N5OS/c1-7-13-8(6-18-7)2-11(17)10-5-16(15-14-10)9-3-12-4-9/h5-6,9,12H,2-4H2,1H3. The molecule has 94 valence electrons. The summed E-state index contributed by atoms with van der Waals surface area (Å²) in [4.78, 5) is 16.3. The second-order valence-corrected chi connectivity index (χ2v) is 5.42. The van der Waals surface area contributed by atoms with Crippen LogP contribution in [0.5, 0.6) is 0 Å². The van der Waals surface area contributed by atoms with Crippen LogP contribution in [0, 0.1) is 6.92 Å². The normalized spacial score (nSPS) is 15.6. The lowest BCUT2D eigenvalue weighted by Gasteiger charge is -2.26. The number of thiazole rings is 1. The molecule has 0 unspecified atom stereocenters. The highest BCUT2D eigenvalue weighted by molar-refractivity contribution is 7.09. The number of carbonyl (C=O) groups excluding carboxylic acids is 1. The van der Waals surface area contributed by atoms with Gasteiger partial charge in [0, 0.05) is 18.5 Å². The molecule has 1 N–H and O–H groups in total. The highest BCUT2D eigenvalue weighted by atomic mass is 32.1. The molecule has 1 fully saturated rings. The van der Waals surface area contributed by atoms with Gasteiger partial charge in [0.15, 0.2) is 5.78 Å². The monoisotopic (exact) mass is 263 g/mol. The fourth-order valence-electron chi connectivity index (χ4n) is 1.79. The highest BCUT2D eigenvalue weighted by Gasteiger charge is 2.21. The molecule has 0 aromatic carbocycles. The lowest BCUT2D eigenvalue weighted by molar-refractivity contribution is 0.0987. The van der Waals surface area contributed by atoms with Crippen LogP contribution in [0.3, 0.4) is 0 Å². The smallest absolute Gasteiger partial charge is 0.190 e. The van der Waals surface area contributed by atoms with Crippen LogP contribution < -0.4 is 5.32 Å². The van der Waals surface area contributed by atoms with Gasteiger partial charge in [0.05, 0.1) is 29.4 Å². The van der Waals surface area contributed by atoms with Crippen molar-refractivity contribution in [3.8, 4) is 0 Å². The average molecular weight is 263 g/mol. The molecular formula is C11H13N5OS. The highest BCUT2D eigenvalue weighted by Crippen LogP contribution is 2.13. The summed E-state index contributed by atoms with van der Waals surface area (Å²) < 4.78 is 1.76. The first kappa shape index (κ1) is 11.5. The van der Waals surface area contributed by atoms with Crippen LogP contribution in [0.4, 0.5) is 0 Å². The summed E-state index contributed by atoms with van der Waals surface area (Å²) >= 11 is 1.55. The molecule has 0 atom stereocenters. The summed E-state index contributed by atoms with van der Waals surface area (Å²) in [6.07, 6.45) is 2.03. The number of aromatic nitrogens is 4. The number of carbonyl (C=O) groups is 1. The molecule has 7 heteroatoms. The first-order valence-electron chi connectivity index (χ1n) is 5.79. The molecule has 6 nitrogen and oxygen atoms in total.